The molecule has 0 bridgehead atoms. The first-order valence-corrected chi connectivity index (χ1v) is 11.6. The van der Waals surface area contributed by atoms with Crippen molar-refractivity contribution >= 4 is 38.2 Å². The van der Waals surface area contributed by atoms with Gasteiger partial charge in [0, 0.05) is 28.2 Å². The maximum absolute atomic E-state index is 4.74. The first-order valence-electron chi connectivity index (χ1n) is 11.6. The lowest BCUT2D eigenvalue weighted by Gasteiger charge is -2.23. The Morgan fingerprint density at radius 3 is 2.21 bits per heavy atom. The molecule has 2 nitrogen and oxygen atoms in total. The number of para-hydroxylation sites is 2. The normalized spacial score (nSPS) is 13.4. The van der Waals surface area contributed by atoms with Crippen LogP contribution in [-0.4, -0.2) is 9.55 Å². The van der Waals surface area contributed by atoms with Gasteiger partial charge < -0.3 is 4.57 Å². The number of benzene rings is 4. The van der Waals surface area contributed by atoms with Gasteiger partial charge in [0.15, 0.2) is 0 Å². The van der Waals surface area contributed by atoms with Crippen LogP contribution < -0.4 is 0 Å². The lowest BCUT2D eigenvalue weighted by Crippen LogP contribution is -2.07. The van der Waals surface area contributed by atoms with Crippen molar-refractivity contribution in [3.63, 3.8) is 0 Å². The van der Waals surface area contributed by atoms with E-state index in [1.54, 1.807) is 0 Å². The number of fused-ring (bicyclic) bond motifs is 8. The SMILES string of the molecule is C1=C(c2ccccn2)c2c(c3c(c4ccccc24)c2ccccc2n3-c2ccccc2)CC1. The van der Waals surface area contributed by atoms with Crippen LogP contribution in [0.1, 0.15) is 23.2 Å². The number of hydrogen-bond donors (Lipinski definition) is 0. The summed E-state index contributed by atoms with van der Waals surface area (Å²) in [6, 6.07) is 34.7. The highest BCUT2D eigenvalue weighted by molar-refractivity contribution is 6.25. The van der Waals surface area contributed by atoms with Crippen molar-refractivity contribution in [2.75, 3.05) is 0 Å². The average Bonchev–Trinajstić information content (AvgIpc) is 3.25. The van der Waals surface area contributed by atoms with Crippen molar-refractivity contribution in [3.8, 4) is 5.69 Å². The first-order chi connectivity index (χ1) is 16.4. The molecular weight excluding hydrogens is 400 g/mol. The van der Waals surface area contributed by atoms with Crippen LogP contribution in [0.2, 0.25) is 0 Å². The zero-order chi connectivity index (χ0) is 21.8. The minimum atomic E-state index is 1.02. The zero-order valence-corrected chi connectivity index (χ0v) is 18.2. The fourth-order valence-electron chi connectivity index (χ4n) is 5.61. The van der Waals surface area contributed by atoms with E-state index in [4.69, 9.17) is 4.98 Å². The molecule has 7 rings (SSSR count). The van der Waals surface area contributed by atoms with Crippen LogP contribution in [0.3, 0.4) is 0 Å². The standard InChI is InChI=1S/C31H22N2/c1-2-11-21(12-3-1)33-28-19-7-6-15-25(28)30-23-14-5-4-13-22(23)29-24(27-18-8-9-20-32-27)16-10-17-26(29)31(30)33/h1-9,11-16,18-20H,10,17H2. The van der Waals surface area contributed by atoms with Gasteiger partial charge in [-0.3, -0.25) is 4.98 Å². The highest BCUT2D eigenvalue weighted by Crippen LogP contribution is 2.45. The van der Waals surface area contributed by atoms with Crippen molar-refractivity contribution in [1.82, 2.24) is 9.55 Å². The van der Waals surface area contributed by atoms with Crippen molar-refractivity contribution in [1.29, 1.82) is 0 Å². The molecule has 4 aromatic carbocycles. The Labute approximate surface area is 192 Å². The number of hydrogen-bond acceptors (Lipinski definition) is 1. The molecule has 0 saturated carbocycles. The van der Waals surface area contributed by atoms with E-state index in [0.29, 0.717) is 0 Å². The molecule has 0 spiro atoms. The molecule has 156 valence electrons. The number of aromatic nitrogens is 2. The van der Waals surface area contributed by atoms with Gasteiger partial charge in [-0.05, 0) is 65.1 Å². The number of allylic oxidation sites excluding steroid dienone is 1. The van der Waals surface area contributed by atoms with Gasteiger partial charge in [0.25, 0.3) is 0 Å². The molecule has 2 aromatic heterocycles. The Morgan fingerprint density at radius 2 is 1.39 bits per heavy atom. The maximum atomic E-state index is 4.74. The molecule has 0 amide bonds. The minimum absolute atomic E-state index is 1.02. The molecule has 0 N–H and O–H groups in total. The van der Waals surface area contributed by atoms with Crippen LogP contribution in [0.4, 0.5) is 0 Å². The third-order valence-corrected chi connectivity index (χ3v) is 6.90. The van der Waals surface area contributed by atoms with Crippen molar-refractivity contribution in [2.45, 2.75) is 12.8 Å². The van der Waals surface area contributed by atoms with Crippen LogP contribution in [0.15, 0.2) is 109 Å². The van der Waals surface area contributed by atoms with Gasteiger partial charge in [-0.1, -0.05) is 72.8 Å². The molecule has 0 unspecified atom stereocenters. The molecule has 33 heavy (non-hydrogen) atoms. The summed E-state index contributed by atoms with van der Waals surface area (Å²) in [5, 5.41) is 5.28. The van der Waals surface area contributed by atoms with E-state index in [9.17, 15) is 0 Å². The van der Waals surface area contributed by atoms with E-state index < -0.39 is 0 Å². The number of nitrogens with zero attached hydrogens (tertiary/aromatic N) is 2. The first kappa shape index (κ1) is 18.4. The lowest BCUT2D eigenvalue weighted by atomic mass is 9.83. The van der Waals surface area contributed by atoms with Crippen LogP contribution >= 0.6 is 0 Å². The summed E-state index contributed by atoms with van der Waals surface area (Å²) in [6.07, 6.45) is 6.31. The highest BCUT2D eigenvalue weighted by atomic mass is 15.0. The third-order valence-electron chi connectivity index (χ3n) is 6.90. The van der Waals surface area contributed by atoms with Crippen molar-refractivity contribution in [3.05, 3.63) is 126 Å². The van der Waals surface area contributed by atoms with Crippen LogP contribution in [0.5, 0.6) is 0 Å². The van der Waals surface area contributed by atoms with Crippen LogP contribution in [0.25, 0.3) is 43.8 Å². The molecule has 2 heteroatoms. The molecule has 2 heterocycles. The summed E-state index contributed by atoms with van der Waals surface area (Å²) in [5.74, 6) is 0. The van der Waals surface area contributed by atoms with E-state index in [2.05, 4.69) is 102 Å². The monoisotopic (exact) mass is 422 g/mol. The quantitative estimate of drug-likeness (QED) is 0.279. The molecule has 6 aromatic rings. The van der Waals surface area contributed by atoms with Crippen molar-refractivity contribution < 1.29 is 0 Å². The second kappa shape index (κ2) is 7.18. The predicted octanol–water partition coefficient (Wildman–Crippen LogP) is 7.71. The van der Waals surface area contributed by atoms with Gasteiger partial charge in [-0.2, -0.15) is 0 Å². The van der Waals surface area contributed by atoms with E-state index in [1.165, 1.54) is 55.0 Å². The highest BCUT2D eigenvalue weighted by Gasteiger charge is 2.25. The van der Waals surface area contributed by atoms with Crippen LogP contribution in [-0.2, 0) is 6.42 Å². The van der Waals surface area contributed by atoms with Gasteiger partial charge in [0.2, 0.25) is 0 Å². The Hall–Kier alpha value is -4.17. The molecule has 1 aliphatic carbocycles. The molecule has 0 saturated heterocycles. The fraction of sp³-hybridized carbons (Fsp3) is 0.0645. The van der Waals surface area contributed by atoms with Gasteiger partial charge in [-0.25, -0.2) is 0 Å². The second-order valence-electron chi connectivity index (χ2n) is 8.68. The number of aryl methyl sites for hydroxylation is 1. The Bertz CT molecular complexity index is 1690. The summed E-state index contributed by atoms with van der Waals surface area (Å²) in [7, 11) is 0. The van der Waals surface area contributed by atoms with Crippen LogP contribution in [0, 0.1) is 0 Å². The molecule has 0 radical (unpaired) electrons. The van der Waals surface area contributed by atoms with E-state index >= 15 is 0 Å². The maximum Gasteiger partial charge on any atom is 0.0705 e. The third kappa shape index (κ3) is 2.64. The van der Waals surface area contributed by atoms with Gasteiger partial charge in [0.05, 0.1) is 16.7 Å². The molecule has 0 atom stereocenters. The summed E-state index contributed by atoms with van der Waals surface area (Å²) < 4.78 is 2.47. The zero-order valence-electron chi connectivity index (χ0n) is 18.2. The number of rotatable bonds is 2. The lowest BCUT2D eigenvalue weighted by molar-refractivity contribution is 0.977. The summed E-state index contributed by atoms with van der Waals surface area (Å²) in [5.41, 5.74) is 8.85. The molecule has 0 aliphatic heterocycles. The predicted molar refractivity (Wildman–Crippen MR) is 138 cm³/mol. The summed E-state index contributed by atoms with van der Waals surface area (Å²) >= 11 is 0. The minimum Gasteiger partial charge on any atom is -0.309 e. The smallest absolute Gasteiger partial charge is 0.0705 e. The van der Waals surface area contributed by atoms with Gasteiger partial charge >= 0.3 is 0 Å². The molecule has 1 aliphatic rings. The Kier molecular flexibility index (Phi) is 4.00. The largest absolute Gasteiger partial charge is 0.309 e. The average molecular weight is 423 g/mol. The summed E-state index contributed by atoms with van der Waals surface area (Å²) in [4.78, 5) is 4.74. The topological polar surface area (TPSA) is 17.8 Å². The molecule has 0 fully saturated rings. The van der Waals surface area contributed by atoms with Gasteiger partial charge in [-0.15, -0.1) is 0 Å². The number of pyridine rings is 1. The van der Waals surface area contributed by atoms with E-state index in [-0.39, 0.29) is 0 Å². The fourth-order valence-corrected chi connectivity index (χ4v) is 5.61. The van der Waals surface area contributed by atoms with E-state index in [1.807, 2.05) is 12.3 Å². The Balaban J connectivity index is 1.73. The van der Waals surface area contributed by atoms with Crippen molar-refractivity contribution in [2.24, 2.45) is 0 Å². The molecular formula is C31H22N2. The Morgan fingerprint density at radius 1 is 0.667 bits per heavy atom. The summed E-state index contributed by atoms with van der Waals surface area (Å²) in [6.45, 7) is 0. The second-order valence-corrected chi connectivity index (χ2v) is 8.68. The van der Waals surface area contributed by atoms with Gasteiger partial charge in [0.1, 0.15) is 0 Å². The van der Waals surface area contributed by atoms with E-state index in [0.717, 1.165) is 18.5 Å².